The van der Waals surface area contributed by atoms with E-state index in [4.69, 9.17) is 0 Å². The second kappa shape index (κ2) is 7.04. The standard InChI is InChI=1S/C16H17N7O2/c1-3-4-11-8-14(24)21-16(19-11)23-13(7-10(2)22-23)20-15(25)12-9-17-5-6-18-12/h5-9H,3-4H2,1-2H3,(H,20,25)(H,19,21,24). The summed E-state index contributed by atoms with van der Waals surface area (Å²) in [6.45, 7) is 3.79. The number of amides is 1. The number of nitrogens with zero attached hydrogens (tertiary/aromatic N) is 5. The van der Waals surface area contributed by atoms with Gasteiger partial charge in [-0.1, -0.05) is 13.3 Å². The maximum atomic E-state index is 12.3. The van der Waals surface area contributed by atoms with Crippen molar-refractivity contribution in [1.29, 1.82) is 0 Å². The summed E-state index contributed by atoms with van der Waals surface area (Å²) in [6, 6.07) is 3.14. The zero-order chi connectivity index (χ0) is 17.8. The van der Waals surface area contributed by atoms with E-state index in [0.717, 1.165) is 6.42 Å². The Labute approximate surface area is 143 Å². The van der Waals surface area contributed by atoms with Crippen LogP contribution in [0.2, 0.25) is 0 Å². The van der Waals surface area contributed by atoms with Gasteiger partial charge in [-0.2, -0.15) is 9.78 Å². The monoisotopic (exact) mass is 339 g/mol. The molecule has 0 saturated heterocycles. The maximum absolute atomic E-state index is 12.3. The molecular formula is C16H17N7O2. The van der Waals surface area contributed by atoms with Crippen molar-refractivity contribution in [3.05, 3.63) is 58.2 Å². The van der Waals surface area contributed by atoms with Gasteiger partial charge in [-0.15, -0.1) is 0 Å². The Kier molecular flexibility index (Phi) is 4.64. The Hall–Kier alpha value is -3.36. The molecular weight excluding hydrogens is 322 g/mol. The molecule has 3 aromatic rings. The molecule has 128 valence electrons. The zero-order valence-electron chi connectivity index (χ0n) is 13.9. The highest BCUT2D eigenvalue weighted by molar-refractivity contribution is 6.02. The molecule has 0 atom stereocenters. The summed E-state index contributed by atoms with van der Waals surface area (Å²) >= 11 is 0. The molecule has 1 amide bonds. The molecule has 0 bridgehead atoms. The minimum atomic E-state index is -0.429. The lowest BCUT2D eigenvalue weighted by molar-refractivity contribution is 0.102. The van der Waals surface area contributed by atoms with Gasteiger partial charge in [-0.25, -0.2) is 9.97 Å². The number of anilines is 1. The summed E-state index contributed by atoms with van der Waals surface area (Å²) in [4.78, 5) is 39.1. The fraction of sp³-hybridized carbons (Fsp3) is 0.250. The fourth-order valence-corrected chi connectivity index (χ4v) is 2.33. The second-order valence-corrected chi connectivity index (χ2v) is 5.44. The zero-order valence-corrected chi connectivity index (χ0v) is 13.9. The SMILES string of the molecule is CCCc1cc(=O)[nH]c(-n2nc(C)cc2NC(=O)c2cnccn2)n1. The first kappa shape index (κ1) is 16.5. The largest absolute Gasteiger partial charge is 0.305 e. The smallest absolute Gasteiger partial charge is 0.277 e. The van der Waals surface area contributed by atoms with Crippen LogP contribution in [0.15, 0.2) is 35.5 Å². The lowest BCUT2D eigenvalue weighted by Gasteiger charge is -2.08. The van der Waals surface area contributed by atoms with Gasteiger partial charge in [0, 0.05) is 30.2 Å². The summed E-state index contributed by atoms with van der Waals surface area (Å²) < 4.78 is 1.39. The average Bonchev–Trinajstić information content (AvgIpc) is 2.96. The van der Waals surface area contributed by atoms with Crippen molar-refractivity contribution in [2.45, 2.75) is 26.7 Å². The molecule has 2 N–H and O–H groups in total. The Bertz CT molecular complexity index is 947. The molecule has 0 aromatic carbocycles. The van der Waals surface area contributed by atoms with Gasteiger partial charge in [0.2, 0.25) is 5.95 Å². The molecule has 0 radical (unpaired) electrons. The fourth-order valence-electron chi connectivity index (χ4n) is 2.33. The summed E-state index contributed by atoms with van der Waals surface area (Å²) in [7, 11) is 0. The number of hydrogen-bond acceptors (Lipinski definition) is 6. The van der Waals surface area contributed by atoms with Gasteiger partial charge in [0.15, 0.2) is 0 Å². The topological polar surface area (TPSA) is 118 Å². The van der Waals surface area contributed by atoms with Crippen LogP contribution < -0.4 is 10.9 Å². The van der Waals surface area contributed by atoms with Crippen LogP contribution >= 0.6 is 0 Å². The van der Waals surface area contributed by atoms with Gasteiger partial charge in [-0.05, 0) is 13.3 Å². The molecule has 0 spiro atoms. The number of carbonyl (C=O) groups excluding carboxylic acids is 1. The first-order valence-electron chi connectivity index (χ1n) is 7.81. The van der Waals surface area contributed by atoms with Gasteiger partial charge >= 0.3 is 0 Å². The van der Waals surface area contributed by atoms with Crippen LogP contribution in [0.5, 0.6) is 0 Å². The third-order valence-corrected chi connectivity index (χ3v) is 3.36. The third-order valence-electron chi connectivity index (χ3n) is 3.36. The number of carbonyl (C=O) groups is 1. The quantitative estimate of drug-likeness (QED) is 0.722. The van der Waals surface area contributed by atoms with E-state index in [0.29, 0.717) is 23.6 Å². The van der Waals surface area contributed by atoms with Crippen molar-refractivity contribution in [1.82, 2.24) is 29.7 Å². The van der Waals surface area contributed by atoms with E-state index in [-0.39, 0.29) is 17.2 Å². The van der Waals surface area contributed by atoms with Crippen LogP contribution in [-0.2, 0) is 6.42 Å². The van der Waals surface area contributed by atoms with Crippen LogP contribution in [-0.4, -0.2) is 35.6 Å². The van der Waals surface area contributed by atoms with Crippen LogP contribution in [0.4, 0.5) is 5.82 Å². The predicted octanol–water partition coefficient (Wildman–Crippen LogP) is 1.26. The number of nitrogens with one attached hydrogen (secondary N) is 2. The minimum absolute atomic E-state index is 0.175. The molecule has 0 aliphatic heterocycles. The van der Waals surface area contributed by atoms with Crippen LogP contribution in [0, 0.1) is 6.92 Å². The molecule has 3 heterocycles. The Balaban J connectivity index is 1.96. The predicted molar refractivity (Wildman–Crippen MR) is 90.7 cm³/mol. The van der Waals surface area contributed by atoms with E-state index in [2.05, 4.69) is 30.4 Å². The van der Waals surface area contributed by atoms with Crippen molar-refractivity contribution in [2.75, 3.05) is 5.32 Å². The average molecular weight is 339 g/mol. The number of aryl methyl sites for hydroxylation is 2. The molecule has 3 aromatic heterocycles. The van der Waals surface area contributed by atoms with Crippen LogP contribution in [0.25, 0.3) is 5.95 Å². The minimum Gasteiger partial charge on any atom is -0.305 e. The molecule has 3 rings (SSSR count). The normalized spacial score (nSPS) is 10.6. The number of hydrogen-bond donors (Lipinski definition) is 2. The van der Waals surface area contributed by atoms with E-state index in [1.807, 2.05) is 6.92 Å². The Morgan fingerprint density at radius 3 is 2.88 bits per heavy atom. The van der Waals surface area contributed by atoms with Crippen molar-refractivity contribution in [2.24, 2.45) is 0 Å². The van der Waals surface area contributed by atoms with Crippen molar-refractivity contribution in [3.63, 3.8) is 0 Å². The maximum Gasteiger partial charge on any atom is 0.277 e. The van der Waals surface area contributed by atoms with Gasteiger partial charge in [-0.3, -0.25) is 19.6 Å². The van der Waals surface area contributed by atoms with Crippen LogP contribution in [0.3, 0.4) is 0 Å². The van der Waals surface area contributed by atoms with Gasteiger partial charge in [0.1, 0.15) is 11.5 Å². The summed E-state index contributed by atoms with van der Waals surface area (Å²) in [6.07, 6.45) is 5.83. The van der Waals surface area contributed by atoms with Crippen molar-refractivity contribution < 1.29 is 4.79 Å². The molecule has 0 unspecified atom stereocenters. The second-order valence-electron chi connectivity index (χ2n) is 5.44. The molecule has 9 heteroatoms. The van der Waals surface area contributed by atoms with Gasteiger partial charge in [0.25, 0.3) is 11.5 Å². The molecule has 0 aliphatic rings. The first-order chi connectivity index (χ1) is 12.1. The molecule has 25 heavy (non-hydrogen) atoms. The van der Waals surface area contributed by atoms with Gasteiger partial charge < -0.3 is 5.32 Å². The van der Waals surface area contributed by atoms with E-state index < -0.39 is 5.91 Å². The number of H-pyrrole nitrogens is 1. The lowest BCUT2D eigenvalue weighted by atomic mass is 10.2. The summed E-state index contributed by atoms with van der Waals surface area (Å²) in [5, 5.41) is 7.02. The number of rotatable bonds is 5. The summed E-state index contributed by atoms with van der Waals surface area (Å²) in [5.41, 5.74) is 1.24. The molecule has 0 saturated carbocycles. The van der Waals surface area contributed by atoms with Crippen LogP contribution in [0.1, 0.15) is 35.2 Å². The van der Waals surface area contributed by atoms with Gasteiger partial charge in [0.05, 0.1) is 11.9 Å². The molecule has 0 aliphatic carbocycles. The van der Waals surface area contributed by atoms with Crippen molar-refractivity contribution in [3.8, 4) is 5.95 Å². The van der Waals surface area contributed by atoms with E-state index in [1.165, 1.54) is 29.3 Å². The highest BCUT2D eigenvalue weighted by Crippen LogP contribution is 2.15. The van der Waals surface area contributed by atoms with E-state index in [1.54, 1.807) is 13.0 Å². The summed E-state index contributed by atoms with van der Waals surface area (Å²) in [5.74, 6) is 0.199. The number of aromatic amines is 1. The highest BCUT2D eigenvalue weighted by Gasteiger charge is 2.15. The van der Waals surface area contributed by atoms with E-state index >= 15 is 0 Å². The molecule has 9 nitrogen and oxygen atoms in total. The molecule has 0 fully saturated rings. The highest BCUT2D eigenvalue weighted by atomic mass is 16.2. The third kappa shape index (κ3) is 3.77. The Morgan fingerprint density at radius 2 is 2.16 bits per heavy atom. The lowest BCUT2D eigenvalue weighted by Crippen LogP contribution is -2.20. The Morgan fingerprint density at radius 1 is 1.32 bits per heavy atom. The van der Waals surface area contributed by atoms with Crippen molar-refractivity contribution >= 4 is 11.7 Å². The first-order valence-corrected chi connectivity index (χ1v) is 7.81. The number of aromatic nitrogens is 6. The van der Waals surface area contributed by atoms with E-state index in [9.17, 15) is 9.59 Å².